The SMILES string of the molecule is O=C(c1cc2nc(-c3ccncc3)ccn2c1)c1ccccn1. The van der Waals surface area contributed by atoms with Gasteiger partial charge in [-0.15, -0.1) is 0 Å². The monoisotopic (exact) mass is 300 g/mol. The zero-order chi connectivity index (χ0) is 15.6. The first-order chi connectivity index (χ1) is 11.3. The van der Waals surface area contributed by atoms with E-state index in [0.717, 1.165) is 16.9 Å². The van der Waals surface area contributed by atoms with Crippen molar-refractivity contribution in [3.8, 4) is 11.3 Å². The van der Waals surface area contributed by atoms with E-state index < -0.39 is 0 Å². The maximum atomic E-state index is 12.5. The van der Waals surface area contributed by atoms with E-state index in [1.54, 1.807) is 49.1 Å². The Morgan fingerprint density at radius 1 is 1.00 bits per heavy atom. The van der Waals surface area contributed by atoms with E-state index in [9.17, 15) is 4.79 Å². The van der Waals surface area contributed by atoms with Crippen molar-refractivity contribution in [2.75, 3.05) is 0 Å². The Morgan fingerprint density at radius 2 is 1.87 bits per heavy atom. The second kappa shape index (κ2) is 5.46. The molecule has 0 N–H and O–H groups in total. The molecule has 4 heterocycles. The van der Waals surface area contributed by atoms with E-state index in [4.69, 9.17) is 0 Å². The summed E-state index contributed by atoms with van der Waals surface area (Å²) in [4.78, 5) is 25.2. The number of hydrogen-bond acceptors (Lipinski definition) is 4. The minimum Gasteiger partial charge on any atom is -0.308 e. The van der Waals surface area contributed by atoms with Crippen LogP contribution in [0.25, 0.3) is 16.9 Å². The summed E-state index contributed by atoms with van der Waals surface area (Å²) in [5, 5.41) is 0. The Bertz CT molecular complexity index is 978. The number of rotatable bonds is 3. The average Bonchev–Trinajstić information content (AvgIpc) is 3.06. The van der Waals surface area contributed by atoms with Gasteiger partial charge in [0.15, 0.2) is 0 Å². The van der Waals surface area contributed by atoms with Crippen molar-refractivity contribution >= 4 is 11.4 Å². The van der Waals surface area contributed by atoms with Gasteiger partial charge >= 0.3 is 0 Å². The Balaban J connectivity index is 1.75. The molecule has 0 aromatic carbocycles. The van der Waals surface area contributed by atoms with Gasteiger partial charge in [0.05, 0.1) is 5.69 Å². The van der Waals surface area contributed by atoms with Gasteiger partial charge < -0.3 is 4.40 Å². The number of pyridine rings is 2. The minimum absolute atomic E-state index is 0.110. The molecule has 0 saturated carbocycles. The third-order valence-corrected chi connectivity index (χ3v) is 3.59. The number of carbonyl (C=O) groups excluding carboxylic acids is 1. The van der Waals surface area contributed by atoms with E-state index in [-0.39, 0.29) is 5.78 Å². The van der Waals surface area contributed by atoms with Crippen molar-refractivity contribution in [3.05, 3.63) is 84.7 Å². The fourth-order valence-electron chi connectivity index (χ4n) is 2.44. The summed E-state index contributed by atoms with van der Waals surface area (Å²) in [5.74, 6) is -0.110. The van der Waals surface area contributed by atoms with Crippen LogP contribution >= 0.6 is 0 Å². The Morgan fingerprint density at radius 3 is 2.65 bits per heavy atom. The predicted octanol–water partition coefficient (Wildman–Crippen LogP) is 3.02. The standard InChI is InChI=1S/C18H12N4O/c23-18(16-3-1-2-7-20-16)14-11-17-21-15(6-10-22(17)12-14)13-4-8-19-9-5-13/h1-12H. The molecule has 0 spiro atoms. The molecule has 0 atom stereocenters. The molecule has 4 aromatic heterocycles. The van der Waals surface area contributed by atoms with Gasteiger partial charge in [-0.3, -0.25) is 14.8 Å². The Labute approximate surface area is 132 Å². The molecule has 0 fully saturated rings. The second-order valence-electron chi connectivity index (χ2n) is 5.09. The molecule has 5 nitrogen and oxygen atoms in total. The first-order valence-corrected chi connectivity index (χ1v) is 7.16. The van der Waals surface area contributed by atoms with E-state index in [1.165, 1.54) is 0 Å². The quantitative estimate of drug-likeness (QED) is 0.546. The van der Waals surface area contributed by atoms with Gasteiger partial charge in [-0.25, -0.2) is 4.98 Å². The number of nitrogens with zero attached hydrogens (tertiary/aromatic N) is 4. The lowest BCUT2D eigenvalue weighted by Gasteiger charge is -2.00. The zero-order valence-electron chi connectivity index (χ0n) is 12.1. The molecule has 0 aliphatic rings. The van der Waals surface area contributed by atoms with Crippen LogP contribution in [0, 0.1) is 0 Å². The Hall–Kier alpha value is -3.34. The molecule has 0 amide bonds. The molecule has 110 valence electrons. The summed E-state index contributed by atoms with van der Waals surface area (Å²) in [6, 6.07) is 12.8. The Kier molecular flexibility index (Phi) is 3.16. The van der Waals surface area contributed by atoms with Gasteiger partial charge in [0.2, 0.25) is 5.78 Å². The van der Waals surface area contributed by atoms with Gasteiger partial charge in [-0.1, -0.05) is 6.07 Å². The lowest BCUT2D eigenvalue weighted by Crippen LogP contribution is -2.01. The molecule has 5 heteroatoms. The van der Waals surface area contributed by atoms with Crippen LogP contribution in [0.4, 0.5) is 0 Å². The van der Waals surface area contributed by atoms with Crippen molar-refractivity contribution in [1.82, 2.24) is 19.4 Å². The number of aromatic nitrogens is 4. The lowest BCUT2D eigenvalue weighted by atomic mass is 10.1. The smallest absolute Gasteiger partial charge is 0.212 e. The fraction of sp³-hybridized carbons (Fsp3) is 0. The normalized spacial score (nSPS) is 10.8. The summed E-state index contributed by atoms with van der Waals surface area (Å²) >= 11 is 0. The topological polar surface area (TPSA) is 60.2 Å². The van der Waals surface area contributed by atoms with E-state index in [1.807, 2.05) is 28.8 Å². The van der Waals surface area contributed by atoms with Crippen LogP contribution in [0.2, 0.25) is 0 Å². The summed E-state index contributed by atoms with van der Waals surface area (Å²) in [7, 11) is 0. The molecule has 0 unspecified atom stereocenters. The molecule has 4 aromatic rings. The first kappa shape index (κ1) is 13.3. The van der Waals surface area contributed by atoms with Crippen molar-refractivity contribution in [2.24, 2.45) is 0 Å². The van der Waals surface area contributed by atoms with Gasteiger partial charge in [-0.05, 0) is 36.4 Å². The maximum Gasteiger partial charge on any atom is 0.212 e. The molecule has 0 radical (unpaired) electrons. The van der Waals surface area contributed by atoms with Crippen LogP contribution in [0.3, 0.4) is 0 Å². The van der Waals surface area contributed by atoms with Gasteiger partial charge in [0.25, 0.3) is 0 Å². The molecule has 0 aliphatic carbocycles. The molecular formula is C18H12N4O. The van der Waals surface area contributed by atoms with Gasteiger partial charge in [0.1, 0.15) is 11.3 Å². The zero-order valence-corrected chi connectivity index (χ0v) is 12.1. The highest BCUT2D eigenvalue weighted by Gasteiger charge is 2.13. The van der Waals surface area contributed by atoms with Crippen LogP contribution in [-0.4, -0.2) is 25.1 Å². The second-order valence-corrected chi connectivity index (χ2v) is 5.09. The number of ketones is 1. The van der Waals surface area contributed by atoms with Crippen molar-refractivity contribution in [3.63, 3.8) is 0 Å². The van der Waals surface area contributed by atoms with Crippen LogP contribution < -0.4 is 0 Å². The van der Waals surface area contributed by atoms with Crippen molar-refractivity contribution < 1.29 is 4.79 Å². The minimum atomic E-state index is -0.110. The molecule has 0 saturated heterocycles. The average molecular weight is 300 g/mol. The fourth-order valence-corrected chi connectivity index (χ4v) is 2.44. The molecule has 23 heavy (non-hydrogen) atoms. The highest BCUT2D eigenvalue weighted by Crippen LogP contribution is 2.18. The maximum absolute atomic E-state index is 12.5. The van der Waals surface area contributed by atoms with E-state index >= 15 is 0 Å². The van der Waals surface area contributed by atoms with Crippen LogP contribution in [0.1, 0.15) is 16.1 Å². The van der Waals surface area contributed by atoms with Crippen LogP contribution in [-0.2, 0) is 0 Å². The van der Waals surface area contributed by atoms with Gasteiger partial charge in [0, 0.05) is 42.1 Å². The highest BCUT2D eigenvalue weighted by molar-refractivity contribution is 6.08. The summed E-state index contributed by atoms with van der Waals surface area (Å²) < 4.78 is 1.83. The first-order valence-electron chi connectivity index (χ1n) is 7.16. The summed E-state index contributed by atoms with van der Waals surface area (Å²) in [5.41, 5.74) is 3.55. The number of carbonyl (C=O) groups is 1. The molecular weight excluding hydrogens is 288 g/mol. The highest BCUT2D eigenvalue weighted by atomic mass is 16.1. The third kappa shape index (κ3) is 2.48. The van der Waals surface area contributed by atoms with E-state index in [2.05, 4.69) is 15.0 Å². The van der Waals surface area contributed by atoms with E-state index in [0.29, 0.717) is 11.3 Å². The van der Waals surface area contributed by atoms with Gasteiger partial charge in [-0.2, -0.15) is 0 Å². The largest absolute Gasteiger partial charge is 0.308 e. The summed E-state index contributed by atoms with van der Waals surface area (Å²) in [6.07, 6.45) is 8.75. The number of hydrogen-bond donors (Lipinski definition) is 0. The van der Waals surface area contributed by atoms with Crippen molar-refractivity contribution in [1.29, 1.82) is 0 Å². The predicted molar refractivity (Wildman–Crippen MR) is 86.1 cm³/mol. The number of fused-ring (bicyclic) bond motifs is 1. The summed E-state index contributed by atoms with van der Waals surface area (Å²) in [6.45, 7) is 0. The van der Waals surface area contributed by atoms with Crippen molar-refractivity contribution in [2.45, 2.75) is 0 Å². The molecule has 0 bridgehead atoms. The van der Waals surface area contributed by atoms with Crippen LogP contribution in [0.15, 0.2) is 73.4 Å². The molecule has 4 rings (SSSR count). The van der Waals surface area contributed by atoms with Crippen LogP contribution in [0.5, 0.6) is 0 Å². The molecule has 0 aliphatic heterocycles. The third-order valence-electron chi connectivity index (χ3n) is 3.59. The lowest BCUT2D eigenvalue weighted by molar-refractivity contribution is 0.103.